The highest BCUT2D eigenvalue weighted by atomic mass is 32.1. The average Bonchev–Trinajstić information content (AvgIpc) is 2.00. The van der Waals surface area contributed by atoms with E-state index in [4.69, 9.17) is 17.3 Å². The Bertz CT molecular complexity index is 138. The molecule has 0 rings (SSSR count). The van der Waals surface area contributed by atoms with E-state index in [0.29, 0.717) is 6.04 Å². The van der Waals surface area contributed by atoms with E-state index < -0.39 is 0 Å². The van der Waals surface area contributed by atoms with Crippen LogP contribution in [0.25, 0.3) is 0 Å². The summed E-state index contributed by atoms with van der Waals surface area (Å²) in [6, 6.07) is 0.317. The summed E-state index contributed by atoms with van der Waals surface area (Å²) in [7, 11) is 2.03. The van der Waals surface area contributed by atoms with E-state index in [1.54, 1.807) is 0 Å². The Labute approximate surface area is 74.2 Å². The molecule has 0 aliphatic rings. The highest BCUT2D eigenvalue weighted by molar-refractivity contribution is 7.80. The van der Waals surface area contributed by atoms with Gasteiger partial charge in [-0.3, -0.25) is 0 Å². The first-order chi connectivity index (χ1) is 5.00. The molecule has 0 saturated heterocycles. The van der Waals surface area contributed by atoms with Crippen molar-refractivity contribution in [1.82, 2.24) is 4.90 Å². The standard InChI is InChI=1S/C8H17NOS/c1-5-9(4)7(3)6(2)8(10)11/h6-7H,5H2,1-4H3,(H,10,11). The van der Waals surface area contributed by atoms with Gasteiger partial charge in [-0.25, -0.2) is 0 Å². The molecule has 2 unspecified atom stereocenters. The maximum Gasteiger partial charge on any atom is 0.160 e. The first kappa shape index (κ1) is 10.8. The Hall–Kier alpha value is -0.150. The van der Waals surface area contributed by atoms with Crippen LogP contribution in [-0.2, 0) is 0 Å². The number of hydrogen-bond donors (Lipinski definition) is 1. The van der Waals surface area contributed by atoms with Crippen molar-refractivity contribution < 1.29 is 5.11 Å². The van der Waals surface area contributed by atoms with Gasteiger partial charge in [0.25, 0.3) is 0 Å². The molecule has 0 radical (unpaired) electrons. The normalized spacial score (nSPS) is 16.5. The van der Waals surface area contributed by atoms with Gasteiger partial charge in [-0.1, -0.05) is 13.8 Å². The fourth-order valence-electron chi connectivity index (χ4n) is 0.876. The molecule has 0 amide bonds. The lowest BCUT2D eigenvalue weighted by molar-refractivity contribution is 0.231. The zero-order chi connectivity index (χ0) is 9.02. The summed E-state index contributed by atoms with van der Waals surface area (Å²) >= 11 is 4.69. The molecule has 0 aromatic carbocycles. The van der Waals surface area contributed by atoms with Crippen LogP contribution in [0.2, 0.25) is 0 Å². The van der Waals surface area contributed by atoms with Gasteiger partial charge in [0.1, 0.15) is 0 Å². The van der Waals surface area contributed by atoms with Crippen molar-refractivity contribution in [2.75, 3.05) is 13.6 Å². The highest BCUT2D eigenvalue weighted by Gasteiger charge is 2.18. The van der Waals surface area contributed by atoms with Crippen LogP contribution in [0, 0.1) is 5.92 Å². The van der Waals surface area contributed by atoms with Crippen molar-refractivity contribution in [2.45, 2.75) is 26.8 Å². The predicted octanol–water partition coefficient (Wildman–Crippen LogP) is 1.85. The first-order valence-corrected chi connectivity index (χ1v) is 4.34. The minimum Gasteiger partial charge on any atom is -0.502 e. The Kier molecular flexibility index (Phi) is 4.61. The quantitative estimate of drug-likeness (QED) is 0.660. The Balaban J connectivity index is 4.00. The summed E-state index contributed by atoms with van der Waals surface area (Å²) in [5.41, 5.74) is 0. The molecule has 0 fully saturated rings. The fraction of sp³-hybridized carbons (Fsp3) is 0.875. The Morgan fingerprint density at radius 1 is 1.55 bits per heavy atom. The number of nitrogens with zero attached hydrogens (tertiary/aromatic N) is 1. The second kappa shape index (κ2) is 4.67. The molecule has 0 aliphatic carbocycles. The summed E-state index contributed by atoms with van der Waals surface area (Å²) < 4.78 is 0. The average molecular weight is 175 g/mol. The predicted molar refractivity (Wildman–Crippen MR) is 52.2 cm³/mol. The topological polar surface area (TPSA) is 23.5 Å². The maximum atomic E-state index is 9.04. The third-order valence-corrected chi connectivity index (χ3v) is 2.68. The second-order valence-electron chi connectivity index (χ2n) is 2.94. The van der Waals surface area contributed by atoms with E-state index >= 15 is 0 Å². The minimum atomic E-state index is 0.0787. The number of thiocarbonyl (C=S) groups is 1. The molecule has 0 aromatic rings. The lowest BCUT2D eigenvalue weighted by Gasteiger charge is -2.27. The summed E-state index contributed by atoms with van der Waals surface area (Å²) in [4.78, 5) is 2.16. The molecule has 0 bridgehead atoms. The van der Waals surface area contributed by atoms with Crippen LogP contribution in [0.3, 0.4) is 0 Å². The van der Waals surface area contributed by atoms with Gasteiger partial charge in [0.2, 0.25) is 0 Å². The third kappa shape index (κ3) is 3.16. The lowest BCUT2D eigenvalue weighted by atomic mass is 10.0. The van der Waals surface area contributed by atoms with Gasteiger partial charge < -0.3 is 10.0 Å². The van der Waals surface area contributed by atoms with Crippen LogP contribution < -0.4 is 0 Å². The minimum absolute atomic E-state index is 0.0787. The monoisotopic (exact) mass is 175 g/mol. The largest absolute Gasteiger partial charge is 0.502 e. The molecular formula is C8H17NOS. The van der Waals surface area contributed by atoms with Crippen LogP contribution in [0.5, 0.6) is 0 Å². The molecule has 0 heterocycles. The van der Waals surface area contributed by atoms with E-state index in [-0.39, 0.29) is 11.0 Å². The van der Waals surface area contributed by atoms with Crippen LogP contribution in [-0.4, -0.2) is 34.7 Å². The van der Waals surface area contributed by atoms with Gasteiger partial charge in [-0.05, 0) is 32.7 Å². The van der Waals surface area contributed by atoms with Crippen LogP contribution >= 0.6 is 12.2 Å². The van der Waals surface area contributed by atoms with Crippen molar-refractivity contribution in [3.8, 4) is 0 Å². The smallest absolute Gasteiger partial charge is 0.160 e. The molecule has 0 saturated carbocycles. The number of rotatable bonds is 4. The molecule has 0 aromatic heterocycles. The van der Waals surface area contributed by atoms with Crippen molar-refractivity contribution in [3.05, 3.63) is 0 Å². The Morgan fingerprint density at radius 3 is 2.27 bits per heavy atom. The molecule has 3 heteroatoms. The second-order valence-corrected chi connectivity index (χ2v) is 3.36. The van der Waals surface area contributed by atoms with Crippen molar-refractivity contribution in [1.29, 1.82) is 0 Å². The summed E-state index contributed by atoms with van der Waals surface area (Å²) in [6.07, 6.45) is 0. The SMILES string of the molecule is CCN(C)C(C)C(C)C(O)=S. The fourth-order valence-corrected chi connectivity index (χ4v) is 1.07. The maximum absolute atomic E-state index is 9.04. The molecule has 1 N–H and O–H groups in total. The molecule has 11 heavy (non-hydrogen) atoms. The number of hydrogen-bond acceptors (Lipinski definition) is 2. The number of aliphatic hydroxyl groups excluding tert-OH is 1. The van der Waals surface area contributed by atoms with Crippen LogP contribution in [0.4, 0.5) is 0 Å². The first-order valence-electron chi connectivity index (χ1n) is 3.93. The molecular weight excluding hydrogens is 158 g/mol. The summed E-state index contributed by atoms with van der Waals surface area (Å²) in [6.45, 7) is 7.08. The van der Waals surface area contributed by atoms with E-state index in [2.05, 4.69) is 18.7 Å². The third-order valence-electron chi connectivity index (χ3n) is 2.31. The molecule has 0 aliphatic heterocycles. The number of aliphatic hydroxyl groups is 1. The van der Waals surface area contributed by atoms with Gasteiger partial charge >= 0.3 is 0 Å². The molecule has 66 valence electrons. The van der Waals surface area contributed by atoms with Gasteiger partial charge in [0.05, 0.1) is 0 Å². The van der Waals surface area contributed by atoms with E-state index in [0.717, 1.165) is 6.54 Å². The summed E-state index contributed by atoms with van der Waals surface area (Å²) in [5.74, 6) is 0.0787. The zero-order valence-electron chi connectivity index (χ0n) is 7.66. The van der Waals surface area contributed by atoms with E-state index in [1.807, 2.05) is 14.0 Å². The van der Waals surface area contributed by atoms with Crippen molar-refractivity contribution >= 4 is 17.3 Å². The van der Waals surface area contributed by atoms with Gasteiger partial charge in [-0.2, -0.15) is 0 Å². The molecule has 0 spiro atoms. The van der Waals surface area contributed by atoms with Gasteiger partial charge in [0.15, 0.2) is 5.05 Å². The van der Waals surface area contributed by atoms with Crippen LogP contribution in [0.1, 0.15) is 20.8 Å². The van der Waals surface area contributed by atoms with Crippen LogP contribution in [0.15, 0.2) is 0 Å². The molecule has 2 atom stereocenters. The summed E-state index contributed by atoms with van der Waals surface area (Å²) in [5, 5.41) is 9.15. The van der Waals surface area contributed by atoms with Gasteiger partial charge in [-0.15, -0.1) is 0 Å². The van der Waals surface area contributed by atoms with Gasteiger partial charge in [0, 0.05) is 12.0 Å². The zero-order valence-corrected chi connectivity index (χ0v) is 8.48. The van der Waals surface area contributed by atoms with E-state index in [9.17, 15) is 0 Å². The Morgan fingerprint density at radius 2 is 2.00 bits per heavy atom. The van der Waals surface area contributed by atoms with E-state index in [1.165, 1.54) is 0 Å². The molecule has 2 nitrogen and oxygen atoms in total. The lowest BCUT2D eigenvalue weighted by Crippen LogP contribution is -2.37. The highest BCUT2D eigenvalue weighted by Crippen LogP contribution is 2.09. The van der Waals surface area contributed by atoms with Crippen molar-refractivity contribution in [2.24, 2.45) is 5.92 Å². The van der Waals surface area contributed by atoms with Crippen molar-refractivity contribution in [3.63, 3.8) is 0 Å².